The molecule has 0 bridgehead atoms. The normalized spacial score (nSPS) is 16.4. The van der Waals surface area contributed by atoms with Crippen LogP contribution in [0.4, 0.5) is 0 Å². The van der Waals surface area contributed by atoms with Gasteiger partial charge in [0.1, 0.15) is 0 Å². The van der Waals surface area contributed by atoms with E-state index >= 15 is 0 Å². The second-order valence-corrected chi connectivity index (χ2v) is 6.31. The highest BCUT2D eigenvalue weighted by atomic mass is 16.4. The molecule has 1 aromatic carbocycles. The zero-order valence-corrected chi connectivity index (χ0v) is 12.8. The molecule has 1 fully saturated rings. The lowest BCUT2D eigenvalue weighted by molar-refractivity contribution is 0.0695. The van der Waals surface area contributed by atoms with E-state index in [0.717, 1.165) is 23.4 Å². The number of carbonyl (C=O) groups is 1. The van der Waals surface area contributed by atoms with E-state index in [4.69, 9.17) is 0 Å². The van der Waals surface area contributed by atoms with Gasteiger partial charge in [0.25, 0.3) is 0 Å². The largest absolute Gasteiger partial charge is 0.478 e. The number of aromatic amines is 1. The molecular weight excluding hydrogens is 274 g/mol. The van der Waals surface area contributed by atoms with Gasteiger partial charge in [0, 0.05) is 11.4 Å². The first-order valence-corrected chi connectivity index (χ1v) is 8.24. The zero-order chi connectivity index (χ0) is 15.4. The van der Waals surface area contributed by atoms with Crippen molar-refractivity contribution in [1.82, 2.24) is 4.98 Å². The second kappa shape index (κ2) is 6.82. The maximum absolute atomic E-state index is 11.6. The van der Waals surface area contributed by atoms with Gasteiger partial charge < -0.3 is 10.1 Å². The number of benzene rings is 1. The molecule has 3 nitrogen and oxygen atoms in total. The maximum Gasteiger partial charge on any atom is 0.337 e. The van der Waals surface area contributed by atoms with Crippen molar-refractivity contribution in [3.8, 4) is 11.3 Å². The molecule has 1 aliphatic carbocycles. The fraction of sp³-hybridized carbons (Fsp3) is 0.421. The van der Waals surface area contributed by atoms with Crippen LogP contribution in [0.1, 0.15) is 54.6 Å². The summed E-state index contributed by atoms with van der Waals surface area (Å²) >= 11 is 0. The van der Waals surface area contributed by atoms with Crippen molar-refractivity contribution >= 4 is 5.97 Å². The van der Waals surface area contributed by atoms with Crippen LogP contribution in [0, 0.1) is 5.92 Å². The van der Waals surface area contributed by atoms with Crippen LogP contribution >= 0.6 is 0 Å². The Labute approximate surface area is 131 Å². The highest BCUT2D eigenvalue weighted by Crippen LogP contribution is 2.29. The third-order valence-electron chi connectivity index (χ3n) is 4.68. The quantitative estimate of drug-likeness (QED) is 0.789. The summed E-state index contributed by atoms with van der Waals surface area (Å²) < 4.78 is 0. The molecule has 3 rings (SSSR count). The molecule has 0 spiro atoms. The second-order valence-electron chi connectivity index (χ2n) is 6.31. The Morgan fingerprint density at radius 3 is 2.41 bits per heavy atom. The van der Waals surface area contributed by atoms with Crippen molar-refractivity contribution in [2.24, 2.45) is 5.92 Å². The molecule has 116 valence electrons. The number of carboxylic acid groups (broad SMARTS) is 1. The van der Waals surface area contributed by atoms with E-state index in [1.54, 1.807) is 6.07 Å². The molecule has 0 unspecified atom stereocenters. The van der Waals surface area contributed by atoms with Crippen LogP contribution in [-0.4, -0.2) is 16.1 Å². The first kappa shape index (κ1) is 14.9. The summed E-state index contributed by atoms with van der Waals surface area (Å²) in [6.45, 7) is 0. The SMILES string of the molecule is O=C(O)c1cc(-c2ccccc2)[nH]c1CC1CCCCCC1. The molecule has 1 aromatic heterocycles. The van der Waals surface area contributed by atoms with Crippen molar-refractivity contribution in [3.05, 3.63) is 47.7 Å². The molecule has 1 aliphatic rings. The van der Waals surface area contributed by atoms with Gasteiger partial charge in [0.2, 0.25) is 0 Å². The van der Waals surface area contributed by atoms with Crippen LogP contribution in [-0.2, 0) is 6.42 Å². The average Bonchev–Trinajstić information content (AvgIpc) is 2.78. The third-order valence-corrected chi connectivity index (χ3v) is 4.68. The number of carboxylic acids is 1. The van der Waals surface area contributed by atoms with Crippen molar-refractivity contribution < 1.29 is 9.90 Å². The summed E-state index contributed by atoms with van der Waals surface area (Å²) in [6.07, 6.45) is 8.50. The van der Waals surface area contributed by atoms with E-state index in [1.807, 2.05) is 30.3 Å². The third kappa shape index (κ3) is 3.41. The lowest BCUT2D eigenvalue weighted by atomic mass is 9.94. The van der Waals surface area contributed by atoms with E-state index in [2.05, 4.69) is 4.98 Å². The van der Waals surface area contributed by atoms with Gasteiger partial charge in [-0.2, -0.15) is 0 Å². The van der Waals surface area contributed by atoms with E-state index in [9.17, 15) is 9.90 Å². The van der Waals surface area contributed by atoms with Gasteiger partial charge in [-0.15, -0.1) is 0 Å². The van der Waals surface area contributed by atoms with Crippen LogP contribution in [0.25, 0.3) is 11.3 Å². The van der Waals surface area contributed by atoms with E-state index < -0.39 is 5.97 Å². The molecule has 3 heteroatoms. The summed E-state index contributed by atoms with van der Waals surface area (Å²) in [6, 6.07) is 11.7. The minimum Gasteiger partial charge on any atom is -0.478 e. The standard InChI is InChI=1S/C19H23NO2/c21-19(22)16-13-17(15-10-6-3-7-11-15)20-18(16)12-14-8-4-1-2-5-9-14/h3,6-7,10-11,13-14,20H,1-2,4-5,8-9,12H2,(H,21,22). The lowest BCUT2D eigenvalue weighted by Gasteiger charge is -2.13. The van der Waals surface area contributed by atoms with Gasteiger partial charge >= 0.3 is 5.97 Å². The van der Waals surface area contributed by atoms with E-state index in [0.29, 0.717) is 11.5 Å². The lowest BCUT2D eigenvalue weighted by Crippen LogP contribution is -2.08. The molecule has 0 radical (unpaired) electrons. The predicted octanol–water partition coefficient (Wildman–Crippen LogP) is 4.89. The number of nitrogens with one attached hydrogen (secondary N) is 1. The maximum atomic E-state index is 11.6. The zero-order valence-electron chi connectivity index (χ0n) is 12.8. The summed E-state index contributed by atoms with van der Waals surface area (Å²) in [5.74, 6) is -0.218. The van der Waals surface area contributed by atoms with Crippen molar-refractivity contribution in [1.29, 1.82) is 0 Å². The Hall–Kier alpha value is -2.03. The Morgan fingerprint density at radius 2 is 1.77 bits per heavy atom. The summed E-state index contributed by atoms with van der Waals surface area (Å²) in [5, 5.41) is 9.49. The highest BCUT2D eigenvalue weighted by Gasteiger charge is 2.20. The first-order chi connectivity index (χ1) is 10.7. The van der Waals surface area contributed by atoms with Crippen LogP contribution in [0.5, 0.6) is 0 Å². The van der Waals surface area contributed by atoms with E-state index in [1.165, 1.54) is 38.5 Å². The molecule has 0 atom stereocenters. The molecular formula is C19H23NO2. The predicted molar refractivity (Wildman–Crippen MR) is 88.1 cm³/mol. The molecule has 0 aliphatic heterocycles. The smallest absolute Gasteiger partial charge is 0.337 e. The Bertz CT molecular complexity index is 622. The van der Waals surface area contributed by atoms with Crippen molar-refractivity contribution in [2.45, 2.75) is 44.9 Å². The summed E-state index contributed by atoms with van der Waals surface area (Å²) in [4.78, 5) is 14.9. The molecule has 1 heterocycles. The van der Waals surface area contributed by atoms with Gasteiger partial charge in [-0.25, -0.2) is 4.79 Å². The van der Waals surface area contributed by atoms with Crippen LogP contribution < -0.4 is 0 Å². The fourth-order valence-electron chi connectivity index (χ4n) is 3.48. The summed E-state index contributed by atoms with van der Waals surface area (Å²) in [7, 11) is 0. The number of aromatic carboxylic acids is 1. The monoisotopic (exact) mass is 297 g/mol. The highest BCUT2D eigenvalue weighted by molar-refractivity contribution is 5.91. The number of aromatic nitrogens is 1. The Morgan fingerprint density at radius 1 is 1.09 bits per heavy atom. The molecule has 22 heavy (non-hydrogen) atoms. The summed E-state index contributed by atoms with van der Waals surface area (Å²) in [5.41, 5.74) is 3.26. The van der Waals surface area contributed by atoms with Crippen molar-refractivity contribution in [2.75, 3.05) is 0 Å². The van der Waals surface area contributed by atoms with Crippen molar-refractivity contribution in [3.63, 3.8) is 0 Å². The minimum absolute atomic E-state index is 0.433. The Kier molecular flexibility index (Phi) is 4.62. The van der Waals surface area contributed by atoms with Gasteiger partial charge in [-0.3, -0.25) is 0 Å². The van der Waals surface area contributed by atoms with E-state index in [-0.39, 0.29) is 0 Å². The first-order valence-electron chi connectivity index (χ1n) is 8.24. The molecule has 0 saturated heterocycles. The minimum atomic E-state index is -0.831. The number of H-pyrrole nitrogens is 1. The number of hydrogen-bond acceptors (Lipinski definition) is 1. The van der Waals surface area contributed by atoms with Crippen LogP contribution in [0.3, 0.4) is 0 Å². The number of rotatable bonds is 4. The topological polar surface area (TPSA) is 53.1 Å². The molecule has 2 N–H and O–H groups in total. The average molecular weight is 297 g/mol. The van der Waals surface area contributed by atoms with Gasteiger partial charge in [-0.05, 0) is 24.0 Å². The van der Waals surface area contributed by atoms with Crippen LogP contribution in [0.2, 0.25) is 0 Å². The Balaban J connectivity index is 1.86. The molecule has 0 amide bonds. The van der Waals surface area contributed by atoms with Gasteiger partial charge in [-0.1, -0.05) is 68.9 Å². The number of hydrogen-bond donors (Lipinski definition) is 2. The van der Waals surface area contributed by atoms with Gasteiger partial charge in [0.15, 0.2) is 0 Å². The molecule has 2 aromatic rings. The fourth-order valence-corrected chi connectivity index (χ4v) is 3.48. The van der Waals surface area contributed by atoms with Crippen LogP contribution in [0.15, 0.2) is 36.4 Å². The van der Waals surface area contributed by atoms with Gasteiger partial charge in [0.05, 0.1) is 5.56 Å². The molecule has 1 saturated carbocycles.